The van der Waals surface area contributed by atoms with Crippen LogP contribution in [-0.2, 0) is 6.54 Å². The van der Waals surface area contributed by atoms with Crippen molar-refractivity contribution in [3.8, 4) is 0 Å². The second-order valence-electron chi connectivity index (χ2n) is 4.21. The molecule has 2 N–H and O–H groups in total. The van der Waals surface area contributed by atoms with E-state index in [2.05, 4.69) is 4.98 Å². The number of anilines is 1. The number of benzene rings is 1. The molecule has 0 bridgehead atoms. The minimum absolute atomic E-state index is 0.0469. The average Bonchev–Trinajstić information content (AvgIpc) is 2.56. The molecule has 2 rings (SSSR count). The van der Waals surface area contributed by atoms with Crippen LogP contribution in [-0.4, -0.2) is 21.9 Å². The molecular formula is C11H10F5N3. The topological polar surface area (TPSA) is 43.8 Å². The minimum atomic E-state index is -4.23. The second-order valence-corrected chi connectivity index (χ2v) is 4.21. The third kappa shape index (κ3) is 2.34. The number of aromatic nitrogens is 2. The molecule has 1 aromatic carbocycles. The van der Waals surface area contributed by atoms with Gasteiger partial charge < -0.3 is 10.3 Å². The molecular weight excluding hydrogens is 269 g/mol. The summed E-state index contributed by atoms with van der Waals surface area (Å²) in [4.78, 5) is 3.68. The van der Waals surface area contributed by atoms with Gasteiger partial charge in [-0.25, -0.2) is 18.2 Å². The highest BCUT2D eigenvalue weighted by Gasteiger charge is 2.41. The number of halogens is 5. The number of aryl methyl sites for hydroxylation is 1. The van der Waals surface area contributed by atoms with Gasteiger partial charge >= 0.3 is 12.3 Å². The van der Waals surface area contributed by atoms with Gasteiger partial charge in [0.1, 0.15) is 5.82 Å². The van der Waals surface area contributed by atoms with E-state index in [1.54, 1.807) is 0 Å². The van der Waals surface area contributed by atoms with Crippen LogP contribution in [0.3, 0.4) is 0 Å². The van der Waals surface area contributed by atoms with E-state index in [1.807, 2.05) is 0 Å². The fraction of sp³-hybridized carbons (Fsp3) is 0.364. The van der Waals surface area contributed by atoms with E-state index in [1.165, 1.54) is 13.0 Å². The predicted molar refractivity (Wildman–Crippen MR) is 59.8 cm³/mol. The van der Waals surface area contributed by atoms with E-state index in [9.17, 15) is 22.0 Å². The summed E-state index contributed by atoms with van der Waals surface area (Å²) < 4.78 is 64.6. The molecule has 0 saturated heterocycles. The smallest absolute Gasteiger partial charge is 0.324 e. The maximum Gasteiger partial charge on any atom is 0.324 e. The van der Waals surface area contributed by atoms with E-state index in [4.69, 9.17) is 5.73 Å². The number of nitrogen functional groups attached to an aromatic ring is 1. The Morgan fingerprint density at radius 1 is 1.37 bits per heavy atom. The van der Waals surface area contributed by atoms with Crippen molar-refractivity contribution in [1.82, 2.24) is 9.55 Å². The Balaban J connectivity index is 2.54. The Hall–Kier alpha value is -1.86. The Bertz CT molecular complexity index is 620. The summed E-state index contributed by atoms with van der Waals surface area (Å²) in [6.07, 6.45) is -3.81. The SMILES string of the molecule is Cc1cc2c(cc1F)nc(N)n2CC(F)(F)C(F)F. The van der Waals surface area contributed by atoms with Gasteiger partial charge in [0.05, 0.1) is 17.6 Å². The zero-order valence-corrected chi connectivity index (χ0v) is 9.80. The van der Waals surface area contributed by atoms with Crippen LogP contribution >= 0.6 is 0 Å². The van der Waals surface area contributed by atoms with Crippen molar-refractivity contribution in [2.45, 2.75) is 25.8 Å². The predicted octanol–water partition coefficient (Wildman–Crippen LogP) is 2.97. The molecule has 0 atom stereocenters. The molecule has 0 fully saturated rings. The van der Waals surface area contributed by atoms with Crippen LogP contribution in [0.15, 0.2) is 12.1 Å². The molecule has 0 spiro atoms. The summed E-state index contributed by atoms with van der Waals surface area (Å²) in [7, 11) is 0. The highest BCUT2D eigenvalue weighted by atomic mass is 19.3. The Morgan fingerprint density at radius 2 is 2.00 bits per heavy atom. The molecule has 0 saturated carbocycles. The first kappa shape index (κ1) is 13.6. The normalized spacial score (nSPS) is 12.6. The van der Waals surface area contributed by atoms with Gasteiger partial charge in [0.25, 0.3) is 0 Å². The number of imidazole rings is 1. The molecule has 0 aliphatic carbocycles. The van der Waals surface area contributed by atoms with Crippen molar-refractivity contribution in [3.05, 3.63) is 23.5 Å². The van der Waals surface area contributed by atoms with Gasteiger partial charge in [-0.1, -0.05) is 0 Å². The number of hydrogen-bond donors (Lipinski definition) is 1. The van der Waals surface area contributed by atoms with E-state index in [-0.39, 0.29) is 22.5 Å². The van der Waals surface area contributed by atoms with Gasteiger partial charge in [-0.05, 0) is 18.6 Å². The Labute approximate surface area is 104 Å². The van der Waals surface area contributed by atoms with Crippen molar-refractivity contribution in [2.75, 3.05) is 5.73 Å². The molecule has 2 aromatic rings. The Kier molecular flexibility index (Phi) is 3.11. The van der Waals surface area contributed by atoms with Crippen molar-refractivity contribution >= 4 is 17.0 Å². The third-order valence-electron chi connectivity index (χ3n) is 2.75. The number of rotatable bonds is 3. The summed E-state index contributed by atoms with van der Waals surface area (Å²) in [6.45, 7) is 0.117. The quantitative estimate of drug-likeness (QED) is 0.878. The van der Waals surface area contributed by atoms with Crippen LogP contribution in [0.4, 0.5) is 27.9 Å². The summed E-state index contributed by atoms with van der Waals surface area (Å²) in [6, 6.07) is 2.27. The fourth-order valence-electron chi connectivity index (χ4n) is 1.71. The lowest BCUT2D eigenvalue weighted by Gasteiger charge is -2.17. The third-order valence-corrected chi connectivity index (χ3v) is 2.75. The van der Waals surface area contributed by atoms with Gasteiger partial charge in [-0.15, -0.1) is 0 Å². The molecule has 1 aromatic heterocycles. The molecule has 0 unspecified atom stereocenters. The Morgan fingerprint density at radius 3 is 2.58 bits per heavy atom. The minimum Gasteiger partial charge on any atom is -0.369 e. The number of nitrogens with zero attached hydrogens (tertiary/aromatic N) is 2. The molecule has 3 nitrogen and oxygen atoms in total. The highest BCUT2D eigenvalue weighted by molar-refractivity contribution is 5.79. The van der Waals surface area contributed by atoms with Crippen molar-refractivity contribution < 1.29 is 22.0 Å². The van der Waals surface area contributed by atoms with Gasteiger partial charge in [0.15, 0.2) is 0 Å². The first-order valence-corrected chi connectivity index (χ1v) is 5.30. The average molecular weight is 279 g/mol. The zero-order valence-electron chi connectivity index (χ0n) is 9.80. The van der Waals surface area contributed by atoms with Crippen LogP contribution in [0.5, 0.6) is 0 Å². The van der Waals surface area contributed by atoms with E-state index < -0.39 is 24.7 Å². The lowest BCUT2D eigenvalue weighted by molar-refractivity contribution is -0.136. The first-order chi connectivity index (χ1) is 8.72. The molecule has 1 heterocycles. The maximum atomic E-state index is 13.3. The standard InChI is InChI=1S/C11H10F5N3/c1-5-2-8-7(3-6(5)12)18-10(17)19(8)4-11(15,16)9(13)14/h2-3,9H,4H2,1H3,(H2,17,18). The van der Waals surface area contributed by atoms with Gasteiger partial charge in [-0.2, -0.15) is 8.78 Å². The molecule has 0 aliphatic rings. The number of hydrogen-bond acceptors (Lipinski definition) is 2. The largest absolute Gasteiger partial charge is 0.369 e. The zero-order chi connectivity index (χ0) is 14.4. The van der Waals surface area contributed by atoms with Crippen LogP contribution in [0, 0.1) is 12.7 Å². The lowest BCUT2D eigenvalue weighted by atomic mass is 10.2. The lowest BCUT2D eigenvalue weighted by Crippen LogP contribution is -2.32. The molecule has 0 aliphatic heterocycles. The second kappa shape index (κ2) is 4.36. The van der Waals surface area contributed by atoms with Crippen molar-refractivity contribution in [2.24, 2.45) is 0 Å². The van der Waals surface area contributed by atoms with Crippen molar-refractivity contribution in [1.29, 1.82) is 0 Å². The molecule has 0 radical (unpaired) electrons. The summed E-state index contributed by atoms with van der Waals surface area (Å²) >= 11 is 0. The highest BCUT2D eigenvalue weighted by Crippen LogP contribution is 2.29. The van der Waals surface area contributed by atoms with Gasteiger partial charge in [-0.3, -0.25) is 0 Å². The monoisotopic (exact) mass is 279 g/mol. The molecule has 0 amide bonds. The fourth-order valence-corrected chi connectivity index (χ4v) is 1.71. The van der Waals surface area contributed by atoms with E-state index >= 15 is 0 Å². The molecule has 104 valence electrons. The van der Waals surface area contributed by atoms with E-state index in [0.717, 1.165) is 10.6 Å². The van der Waals surface area contributed by atoms with Crippen LogP contribution < -0.4 is 5.73 Å². The van der Waals surface area contributed by atoms with Crippen LogP contribution in [0.25, 0.3) is 11.0 Å². The molecule has 19 heavy (non-hydrogen) atoms. The van der Waals surface area contributed by atoms with E-state index in [0.29, 0.717) is 0 Å². The van der Waals surface area contributed by atoms with Crippen LogP contribution in [0.2, 0.25) is 0 Å². The summed E-state index contributed by atoms with van der Waals surface area (Å²) in [5.41, 5.74) is 5.74. The number of fused-ring (bicyclic) bond motifs is 1. The van der Waals surface area contributed by atoms with Gasteiger partial charge in [0.2, 0.25) is 5.95 Å². The number of alkyl halides is 4. The molecule has 8 heteroatoms. The first-order valence-electron chi connectivity index (χ1n) is 5.30. The summed E-state index contributed by atoms with van der Waals surface area (Å²) in [5.74, 6) is -5.16. The number of nitrogens with two attached hydrogens (primary N) is 1. The van der Waals surface area contributed by atoms with Crippen LogP contribution in [0.1, 0.15) is 5.56 Å². The summed E-state index contributed by atoms with van der Waals surface area (Å²) in [5, 5.41) is 0. The van der Waals surface area contributed by atoms with Crippen molar-refractivity contribution in [3.63, 3.8) is 0 Å². The maximum absolute atomic E-state index is 13.3. The van der Waals surface area contributed by atoms with Gasteiger partial charge in [0, 0.05) is 6.07 Å².